The second kappa shape index (κ2) is 7.81. The summed E-state index contributed by atoms with van der Waals surface area (Å²) in [5, 5.41) is 11.3. The molecule has 0 saturated carbocycles. The van der Waals surface area contributed by atoms with Crippen LogP contribution in [-0.4, -0.2) is 14.5 Å². The van der Waals surface area contributed by atoms with E-state index in [1.165, 1.54) is 12.1 Å². The Morgan fingerprint density at radius 2 is 1.62 bits per heavy atom. The van der Waals surface area contributed by atoms with Gasteiger partial charge in [0, 0.05) is 16.6 Å². The first-order chi connectivity index (χ1) is 14.0. The van der Waals surface area contributed by atoms with E-state index < -0.39 is 4.92 Å². The smallest absolute Gasteiger partial charge is 0.268 e. The molecule has 3 aromatic carbocycles. The van der Waals surface area contributed by atoms with Crippen molar-refractivity contribution < 1.29 is 4.92 Å². The zero-order chi connectivity index (χ0) is 20.4. The summed E-state index contributed by atoms with van der Waals surface area (Å²) >= 11 is 3.51. The van der Waals surface area contributed by atoms with Crippen LogP contribution in [0.2, 0.25) is 0 Å². The van der Waals surface area contributed by atoms with Crippen LogP contribution in [0.5, 0.6) is 0 Å². The maximum atomic E-state index is 13.2. The SMILES string of the molecule is O=c1c2ccccc2nc(/C=C/c2ccc([N+](=O)[O-])cc2)n1-c1ccccc1Br. The minimum absolute atomic E-state index is 0.0242. The number of fused-ring (bicyclic) bond motifs is 1. The Morgan fingerprint density at radius 3 is 2.34 bits per heavy atom. The molecule has 0 aliphatic rings. The molecule has 0 atom stereocenters. The highest BCUT2D eigenvalue weighted by molar-refractivity contribution is 9.10. The van der Waals surface area contributed by atoms with Crippen LogP contribution in [0.15, 0.2) is 82.1 Å². The molecule has 0 aliphatic carbocycles. The molecule has 4 aromatic rings. The fourth-order valence-electron chi connectivity index (χ4n) is 3.01. The molecule has 0 unspecified atom stereocenters. The van der Waals surface area contributed by atoms with E-state index in [-0.39, 0.29) is 11.2 Å². The molecule has 0 bridgehead atoms. The number of hydrogen-bond donors (Lipinski definition) is 0. The lowest BCUT2D eigenvalue weighted by atomic mass is 10.2. The number of nitro benzene ring substituents is 1. The van der Waals surface area contributed by atoms with E-state index in [1.807, 2.05) is 36.4 Å². The van der Waals surface area contributed by atoms with E-state index in [1.54, 1.807) is 41.0 Å². The molecule has 0 N–H and O–H groups in total. The minimum Gasteiger partial charge on any atom is -0.268 e. The lowest BCUT2D eigenvalue weighted by molar-refractivity contribution is -0.384. The van der Waals surface area contributed by atoms with Crippen LogP contribution in [0, 0.1) is 10.1 Å². The van der Waals surface area contributed by atoms with Gasteiger partial charge in [0.05, 0.1) is 21.5 Å². The number of rotatable bonds is 4. The second-order valence-electron chi connectivity index (χ2n) is 6.26. The van der Waals surface area contributed by atoms with Crippen molar-refractivity contribution in [3.05, 3.63) is 109 Å². The van der Waals surface area contributed by atoms with E-state index in [2.05, 4.69) is 20.9 Å². The highest BCUT2D eigenvalue weighted by Crippen LogP contribution is 2.22. The van der Waals surface area contributed by atoms with Crippen LogP contribution in [-0.2, 0) is 0 Å². The predicted octanol–water partition coefficient (Wildman–Crippen LogP) is 5.23. The van der Waals surface area contributed by atoms with Crippen LogP contribution in [0.3, 0.4) is 0 Å². The van der Waals surface area contributed by atoms with Crippen molar-refractivity contribution in [1.29, 1.82) is 0 Å². The van der Waals surface area contributed by atoms with Gasteiger partial charge >= 0.3 is 0 Å². The summed E-state index contributed by atoms with van der Waals surface area (Å²) < 4.78 is 2.32. The molecule has 6 nitrogen and oxygen atoms in total. The average molecular weight is 448 g/mol. The minimum atomic E-state index is -0.441. The zero-order valence-corrected chi connectivity index (χ0v) is 16.6. The number of para-hydroxylation sites is 2. The summed E-state index contributed by atoms with van der Waals surface area (Å²) in [6, 6.07) is 20.8. The van der Waals surface area contributed by atoms with Crippen LogP contribution >= 0.6 is 15.9 Å². The van der Waals surface area contributed by atoms with Gasteiger partial charge in [0.1, 0.15) is 5.82 Å². The van der Waals surface area contributed by atoms with Gasteiger partial charge in [0.15, 0.2) is 0 Å². The van der Waals surface area contributed by atoms with Crippen LogP contribution in [0.1, 0.15) is 11.4 Å². The van der Waals surface area contributed by atoms with E-state index >= 15 is 0 Å². The Bertz CT molecular complexity index is 1310. The van der Waals surface area contributed by atoms with Crippen molar-refractivity contribution in [3.63, 3.8) is 0 Å². The first-order valence-electron chi connectivity index (χ1n) is 8.74. The molecule has 1 aromatic heterocycles. The predicted molar refractivity (Wildman–Crippen MR) is 117 cm³/mol. The van der Waals surface area contributed by atoms with E-state index in [9.17, 15) is 14.9 Å². The monoisotopic (exact) mass is 447 g/mol. The Hall–Kier alpha value is -3.58. The number of aromatic nitrogens is 2. The van der Waals surface area contributed by atoms with Crippen molar-refractivity contribution >= 4 is 44.7 Å². The molecular formula is C22H14BrN3O3. The molecule has 0 spiro atoms. The summed E-state index contributed by atoms with van der Waals surface area (Å²) in [6.45, 7) is 0. The summed E-state index contributed by atoms with van der Waals surface area (Å²) in [5.41, 5.74) is 1.89. The Balaban J connectivity index is 1.89. The molecule has 0 saturated heterocycles. The van der Waals surface area contributed by atoms with Gasteiger partial charge in [-0.15, -0.1) is 0 Å². The van der Waals surface area contributed by atoms with Gasteiger partial charge in [-0.2, -0.15) is 0 Å². The largest absolute Gasteiger partial charge is 0.269 e. The molecule has 0 fully saturated rings. The van der Waals surface area contributed by atoms with Gasteiger partial charge in [0.2, 0.25) is 0 Å². The number of nitro groups is 1. The Labute approximate surface area is 174 Å². The molecule has 29 heavy (non-hydrogen) atoms. The van der Waals surface area contributed by atoms with E-state index in [0.717, 1.165) is 10.0 Å². The average Bonchev–Trinajstić information content (AvgIpc) is 2.73. The number of non-ortho nitro benzene ring substituents is 1. The lowest BCUT2D eigenvalue weighted by Gasteiger charge is -2.13. The topological polar surface area (TPSA) is 78.0 Å². The normalized spacial score (nSPS) is 11.2. The van der Waals surface area contributed by atoms with Gasteiger partial charge < -0.3 is 0 Å². The maximum absolute atomic E-state index is 13.2. The van der Waals surface area contributed by atoms with Crippen molar-refractivity contribution in [2.45, 2.75) is 0 Å². The molecule has 142 valence electrons. The van der Waals surface area contributed by atoms with Crippen molar-refractivity contribution in [2.24, 2.45) is 0 Å². The van der Waals surface area contributed by atoms with E-state index in [0.29, 0.717) is 22.4 Å². The van der Waals surface area contributed by atoms with Crippen molar-refractivity contribution in [2.75, 3.05) is 0 Å². The first-order valence-corrected chi connectivity index (χ1v) is 9.53. The van der Waals surface area contributed by atoms with E-state index in [4.69, 9.17) is 0 Å². The summed E-state index contributed by atoms with van der Waals surface area (Å²) in [6.07, 6.45) is 3.50. The molecule has 7 heteroatoms. The van der Waals surface area contributed by atoms with Gasteiger partial charge in [-0.05, 0) is 64.0 Å². The third kappa shape index (κ3) is 3.72. The fourth-order valence-corrected chi connectivity index (χ4v) is 3.47. The molecule has 4 rings (SSSR count). The molecule has 1 heterocycles. The molecule has 0 aliphatic heterocycles. The molecular weight excluding hydrogens is 434 g/mol. The van der Waals surface area contributed by atoms with Crippen LogP contribution in [0.25, 0.3) is 28.7 Å². The number of nitrogens with zero attached hydrogens (tertiary/aromatic N) is 3. The lowest BCUT2D eigenvalue weighted by Crippen LogP contribution is -2.22. The van der Waals surface area contributed by atoms with Gasteiger partial charge in [-0.3, -0.25) is 19.5 Å². The van der Waals surface area contributed by atoms with Crippen LogP contribution < -0.4 is 5.56 Å². The Kier molecular flexibility index (Phi) is 5.05. The maximum Gasteiger partial charge on any atom is 0.269 e. The third-order valence-electron chi connectivity index (χ3n) is 4.42. The Morgan fingerprint density at radius 1 is 0.931 bits per heavy atom. The zero-order valence-electron chi connectivity index (χ0n) is 15.0. The summed E-state index contributed by atoms with van der Waals surface area (Å²) in [5.74, 6) is 0.457. The van der Waals surface area contributed by atoms with Gasteiger partial charge in [-0.1, -0.05) is 30.3 Å². The summed E-state index contributed by atoms with van der Waals surface area (Å²) in [4.78, 5) is 28.3. The highest BCUT2D eigenvalue weighted by atomic mass is 79.9. The number of benzene rings is 3. The second-order valence-corrected chi connectivity index (χ2v) is 7.12. The standard InChI is InChI=1S/C22H14BrN3O3/c23-18-6-2-4-8-20(18)25-21(24-19-7-3-1-5-17(19)22(25)27)14-11-15-9-12-16(13-10-15)26(28)29/h1-14H/b14-11+. The van der Waals surface area contributed by atoms with Crippen LogP contribution in [0.4, 0.5) is 5.69 Å². The molecule has 0 radical (unpaired) electrons. The number of halogens is 1. The van der Waals surface area contributed by atoms with Gasteiger partial charge in [-0.25, -0.2) is 4.98 Å². The third-order valence-corrected chi connectivity index (χ3v) is 5.09. The fraction of sp³-hybridized carbons (Fsp3) is 0. The molecule has 0 amide bonds. The van der Waals surface area contributed by atoms with Crippen molar-refractivity contribution in [3.8, 4) is 5.69 Å². The quantitative estimate of drug-likeness (QED) is 0.317. The number of hydrogen-bond acceptors (Lipinski definition) is 4. The highest BCUT2D eigenvalue weighted by Gasteiger charge is 2.13. The van der Waals surface area contributed by atoms with Crippen molar-refractivity contribution in [1.82, 2.24) is 9.55 Å². The summed E-state index contributed by atoms with van der Waals surface area (Å²) in [7, 11) is 0. The van der Waals surface area contributed by atoms with Gasteiger partial charge in [0.25, 0.3) is 11.2 Å². The first kappa shape index (κ1) is 18.8.